The number of anilines is 1. The molecule has 0 spiro atoms. The maximum Gasteiger partial charge on any atom is 0.257 e. The monoisotopic (exact) mass is 483 g/mol. The first-order valence-electron chi connectivity index (χ1n) is 9.45. The number of aromatic nitrogens is 1. The van der Waals surface area contributed by atoms with Crippen molar-refractivity contribution in [3.05, 3.63) is 52.0 Å². The molecule has 1 aliphatic rings. The molecule has 1 unspecified atom stereocenters. The number of sulfonamides is 1. The van der Waals surface area contributed by atoms with Gasteiger partial charge in [0.1, 0.15) is 5.52 Å². The first kappa shape index (κ1) is 21.5. The van der Waals surface area contributed by atoms with E-state index in [4.69, 9.17) is 23.2 Å². The van der Waals surface area contributed by atoms with E-state index in [-0.39, 0.29) is 10.9 Å². The Morgan fingerprint density at radius 2 is 1.83 bits per heavy atom. The van der Waals surface area contributed by atoms with Gasteiger partial charge in [-0.15, -0.1) is 0 Å². The number of carbonyl (C=O) groups is 1. The molecule has 30 heavy (non-hydrogen) atoms. The number of nitrogens with zero attached hydrogens (tertiary/aromatic N) is 2. The van der Waals surface area contributed by atoms with Crippen LogP contribution in [0.1, 0.15) is 36.5 Å². The fraction of sp³-hybridized carbons (Fsp3) is 0.300. The third-order valence-electron chi connectivity index (χ3n) is 5.13. The first-order chi connectivity index (χ1) is 14.3. The predicted octanol–water partition coefficient (Wildman–Crippen LogP) is 5.42. The molecule has 6 nitrogen and oxygen atoms in total. The van der Waals surface area contributed by atoms with Crippen molar-refractivity contribution in [1.82, 2.24) is 9.29 Å². The molecular formula is C20H19Cl2N3O3S2. The molecule has 2 heterocycles. The van der Waals surface area contributed by atoms with E-state index in [1.807, 2.05) is 6.92 Å². The highest BCUT2D eigenvalue weighted by Crippen LogP contribution is 2.36. The Morgan fingerprint density at radius 3 is 2.50 bits per heavy atom. The lowest BCUT2D eigenvalue weighted by Gasteiger charge is -2.32. The zero-order valence-corrected chi connectivity index (χ0v) is 19.2. The fourth-order valence-corrected chi connectivity index (χ4v) is 6.63. The number of fused-ring (bicyclic) bond motifs is 1. The van der Waals surface area contributed by atoms with Gasteiger partial charge in [-0.1, -0.05) is 41.0 Å². The first-order valence-corrected chi connectivity index (χ1v) is 12.5. The molecular weight excluding hydrogens is 465 g/mol. The second-order valence-electron chi connectivity index (χ2n) is 7.17. The summed E-state index contributed by atoms with van der Waals surface area (Å²) in [5.74, 6) is -0.392. The number of nitrogens with one attached hydrogen (secondary N) is 1. The van der Waals surface area contributed by atoms with E-state index >= 15 is 0 Å². The van der Waals surface area contributed by atoms with Gasteiger partial charge >= 0.3 is 0 Å². The molecule has 1 aromatic heterocycles. The quantitative estimate of drug-likeness (QED) is 0.537. The minimum atomic E-state index is -3.58. The molecule has 10 heteroatoms. The van der Waals surface area contributed by atoms with Crippen LogP contribution in [0.2, 0.25) is 10.0 Å². The van der Waals surface area contributed by atoms with Crippen LogP contribution in [-0.2, 0) is 10.0 Å². The lowest BCUT2D eigenvalue weighted by atomic mass is 10.1. The van der Waals surface area contributed by atoms with Gasteiger partial charge in [-0.05, 0) is 56.2 Å². The van der Waals surface area contributed by atoms with Crippen molar-refractivity contribution in [3.8, 4) is 0 Å². The number of hydrogen-bond acceptors (Lipinski definition) is 5. The summed E-state index contributed by atoms with van der Waals surface area (Å²) < 4.78 is 28.1. The van der Waals surface area contributed by atoms with Crippen LogP contribution in [0.15, 0.2) is 41.3 Å². The van der Waals surface area contributed by atoms with Crippen LogP contribution >= 0.6 is 34.5 Å². The number of thiazole rings is 1. The molecule has 1 amide bonds. The van der Waals surface area contributed by atoms with Crippen LogP contribution < -0.4 is 5.32 Å². The molecule has 158 valence electrons. The maximum absolute atomic E-state index is 12.9. The number of amides is 1. The lowest BCUT2D eigenvalue weighted by Crippen LogP contribution is -2.41. The van der Waals surface area contributed by atoms with Crippen molar-refractivity contribution in [1.29, 1.82) is 0 Å². The second kappa shape index (κ2) is 8.43. The Balaban J connectivity index is 1.53. The highest BCUT2D eigenvalue weighted by molar-refractivity contribution is 7.89. The molecule has 3 aromatic rings. The van der Waals surface area contributed by atoms with Crippen LogP contribution in [0, 0.1) is 0 Å². The molecule has 0 radical (unpaired) electrons. The number of halogens is 2. The minimum absolute atomic E-state index is 0.0237. The standard InChI is InChI=1S/C20H19Cl2N3O3S2/c1-12-4-2-3-11-25(12)30(27,28)14-7-5-13(6-8-14)19(26)24-20-23-17-15(21)9-10-16(22)18(17)29-20/h5-10,12H,2-4,11H2,1H3,(H,23,24,26). The molecule has 0 bridgehead atoms. The van der Waals surface area contributed by atoms with Gasteiger partial charge < -0.3 is 0 Å². The predicted molar refractivity (Wildman–Crippen MR) is 121 cm³/mol. The van der Waals surface area contributed by atoms with E-state index in [0.29, 0.717) is 37.5 Å². The van der Waals surface area contributed by atoms with Gasteiger partial charge in [0.15, 0.2) is 5.13 Å². The number of carbonyl (C=O) groups excluding carboxylic acids is 1. The molecule has 4 rings (SSSR count). The summed E-state index contributed by atoms with van der Waals surface area (Å²) in [4.78, 5) is 17.1. The molecule has 1 saturated heterocycles. The Kier molecular flexibility index (Phi) is 6.05. The number of rotatable bonds is 4. The molecule has 1 fully saturated rings. The number of piperidine rings is 1. The third kappa shape index (κ3) is 4.07. The van der Waals surface area contributed by atoms with E-state index < -0.39 is 15.9 Å². The van der Waals surface area contributed by atoms with Crippen LogP contribution in [0.25, 0.3) is 10.2 Å². The molecule has 1 aliphatic heterocycles. The Hall–Kier alpha value is -1.71. The molecule has 1 N–H and O–H groups in total. The van der Waals surface area contributed by atoms with Crippen molar-refractivity contribution in [2.75, 3.05) is 11.9 Å². The smallest absolute Gasteiger partial charge is 0.257 e. The number of hydrogen-bond donors (Lipinski definition) is 1. The van der Waals surface area contributed by atoms with Gasteiger partial charge in [0, 0.05) is 18.2 Å². The fourth-order valence-electron chi connectivity index (χ4n) is 3.51. The number of benzene rings is 2. The zero-order chi connectivity index (χ0) is 21.5. The van der Waals surface area contributed by atoms with Gasteiger partial charge in [-0.3, -0.25) is 10.1 Å². The van der Waals surface area contributed by atoms with Crippen molar-refractivity contribution in [2.24, 2.45) is 0 Å². The third-order valence-corrected chi connectivity index (χ3v) is 8.90. The summed E-state index contributed by atoms with van der Waals surface area (Å²) in [6.07, 6.45) is 2.75. The topological polar surface area (TPSA) is 79.4 Å². The van der Waals surface area contributed by atoms with Crippen LogP contribution in [-0.4, -0.2) is 36.2 Å². The van der Waals surface area contributed by atoms with E-state index in [9.17, 15) is 13.2 Å². The van der Waals surface area contributed by atoms with Crippen molar-refractivity contribution >= 4 is 65.8 Å². The summed E-state index contributed by atoms with van der Waals surface area (Å²) in [5.41, 5.74) is 0.860. The molecule has 0 saturated carbocycles. The summed E-state index contributed by atoms with van der Waals surface area (Å²) >= 11 is 13.5. The largest absolute Gasteiger partial charge is 0.298 e. The van der Waals surface area contributed by atoms with Crippen LogP contribution in [0.5, 0.6) is 0 Å². The minimum Gasteiger partial charge on any atom is -0.298 e. The lowest BCUT2D eigenvalue weighted by molar-refractivity contribution is 0.102. The van der Waals surface area contributed by atoms with Crippen LogP contribution in [0.4, 0.5) is 5.13 Å². The van der Waals surface area contributed by atoms with Crippen molar-refractivity contribution < 1.29 is 13.2 Å². The average molecular weight is 484 g/mol. The van der Waals surface area contributed by atoms with Gasteiger partial charge in [0.25, 0.3) is 5.91 Å². The highest BCUT2D eigenvalue weighted by Gasteiger charge is 2.31. The Morgan fingerprint density at radius 1 is 1.13 bits per heavy atom. The van der Waals surface area contributed by atoms with Gasteiger partial charge in [-0.25, -0.2) is 13.4 Å². The van der Waals surface area contributed by atoms with Gasteiger partial charge in [0.2, 0.25) is 10.0 Å². The Labute approximate surface area is 188 Å². The summed E-state index contributed by atoms with van der Waals surface area (Å²) in [6.45, 7) is 2.45. The van der Waals surface area contributed by atoms with Gasteiger partial charge in [0.05, 0.1) is 19.6 Å². The Bertz CT molecular complexity index is 1170. The van der Waals surface area contributed by atoms with Gasteiger partial charge in [-0.2, -0.15) is 4.31 Å². The van der Waals surface area contributed by atoms with Crippen molar-refractivity contribution in [2.45, 2.75) is 37.1 Å². The zero-order valence-electron chi connectivity index (χ0n) is 16.1. The summed E-state index contributed by atoms with van der Waals surface area (Å²) in [6, 6.07) is 9.26. The summed E-state index contributed by atoms with van der Waals surface area (Å²) in [5, 5.41) is 4.05. The van der Waals surface area contributed by atoms with E-state index in [2.05, 4.69) is 10.3 Å². The maximum atomic E-state index is 12.9. The molecule has 1 atom stereocenters. The summed E-state index contributed by atoms with van der Waals surface area (Å²) in [7, 11) is -3.58. The van der Waals surface area contributed by atoms with Crippen LogP contribution in [0.3, 0.4) is 0 Å². The molecule has 2 aromatic carbocycles. The highest BCUT2D eigenvalue weighted by atomic mass is 35.5. The average Bonchev–Trinajstić information content (AvgIpc) is 3.16. The normalized spacial score (nSPS) is 17.9. The van der Waals surface area contributed by atoms with E-state index in [0.717, 1.165) is 19.3 Å². The SMILES string of the molecule is CC1CCCCN1S(=O)(=O)c1ccc(C(=O)Nc2nc3c(Cl)ccc(Cl)c3s2)cc1. The van der Waals surface area contributed by atoms with Crippen molar-refractivity contribution in [3.63, 3.8) is 0 Å². The van der Waals surface area contributed by atoms with E-state index in [1.54, 1.807) is 16.4 Å². The molecule has 0 aliphatic carbocycles. The van der Waals surface area contributed by atoms with E-state index in [1.165, 1.54) is 35.6 Å². The second-order valence-corrected chi connectivity index (χ2v) is 10.9.